The molecule has 2 rings (SSSR count). The summed E-state index contributed by atoms with van der Waals surface area (Å²) in [5.41, 5.74) is 1.18. The molecule has 0 atom stereocenters. The van der Waals surface area contributed by atoms with Crippen LogP contribution in [0.5, 0.6) is 5.75 Å². The van der Waals surface area contributed by atoms with Crippen molar-refractivity contribution in [3.05, 3.63) is 58.3 Å². The van der Waals surface area contributed by atoms with Gasteiger partial charge in [0.2, 0.25) is 5.91 Å². The molecule has 1 aromatic carbocycles. The molecule has 0 fully saturated rings. The number of para-hydroxylation sites is 1. The summed E-state index contributed by atoms with van der Waals surface area (Å²) in [6.45, 7) is 1.96. The van der Waals surface area contributed by atoms with Crippen molar-refractivity contribution in [1.29, 1.82) is 0 Å². The van der Waals surface area contributed by atoms with Crippen LogP contribution in [0, 0.1) is 6.92 Å². The van der Waals surface area contributed by atoms with E-state index in [1.165, 1.54) is 17.1 Å². The van der Waals surface area contributed by atoms with E-state index in [1.807, 2.05) is 24.3 Å². The van der Waals surface area contributed by atoms with Crippen LogP contribution in [-0.4, -0.2) is 22.6 Å². The molecule has 110 valence electrons. The number of ether oxygens (including phenoxy) is 1. The highest BCUT2D eigenvalue weighted by atomic mass is 16.5. The summed E-state index contributed by atoms with van der Waals surface area (Å²) in [5, 5.41) is 2.76. The minimum atomic E-state index is -0.254. The lowest BCUT2D eigenvalue weighted by Gasteiger charge is -2.10. The maximum absolute atomic E-state index is 11.9. The fourth-order valence-corrected chi connectivity index (χ4v) is 1.93. The first-order chi connectivity index (χ1) is 10.1. The van der Waals surface area contributed by atoms with Crippen molar-refractivity contribution in [2.24, 2.45) is 0 Å². The second-order valence-corrected chi connectivity index (χ2v) is 4.60. The van der Waals surface area contributed by atoms with Crippen molar-refractivity contribution >= 4 is 5.91 Å². The zero-order chi connectivity index (χ0) is 15.2. The monoisotopic (exact) mass is 287 g/mol. The highest BCUT2D eigenvalue weighted by Crippen LogP contribution is 2.16. The van der Waals surface area contributed by atoms with E-state index >= 15 is 0 Å². The summed E-state index contributed by atoms with van der Waals surface area (Å²) in [4.78, 5) is 27.6. The predicted octanol–water partition coefficient (Wildman–Crippen LogP) is 0.877. The number of hydrogen-bond acceptors (Lipinski definition) is 4. The molecule has 1 amide bonds. The number of nitrogens with one attached hydrogen (secondary N) is 1. The Morgan fingerprint density at radius 3 is 2.90 bits per heavy atom. The van der Waals surface area contributed by atoms with Gasteiger partial charge in [0.25, 0.3) is 5.56 Å². The lowest BCUT2D eigenvalue weighted by molar-refractivity contribution is -0.121. The van der Waals surface area contributed by atoms with E-state index < -0.39 is 0 Å². The number of carbonyl (C=O) groups is 1. The molecule has 0 saturated carbocycles. The Hall–Kier alpha value is -2.63. The smallest absolute Gasteiger partial charge is 0.256 e. The summed E-state index contributed by atoms with van der Waals surface area (Å²) in [7, 11) is 1.58. The molecule has 0 spiro atoms. The van der Waals surface area contributed by atoms with E-state index in [2.05, 4.69) is 10.3 Å². The minimum absolute atomic E-state index is 0.0529. The maximum Gasteiger partial charge on any atom is 0.256 e. The first-order valence-corrected chi connectivity index (χ1v) is 6.51. The third-order valence-corrected chi connectivity index (χ3v) is 3.05. The van der Waals surface area contributed by atoms with Crippen molar-refractivity contribution in [1.82, 2.24) is 14.9 Å². The standard InChI is InChI=1S/C15H17N3O3/c1-11-7-16-10-18(15(11)20)9-14(19)17-8-12-5-3-4-6-13(12)21-2/h3-7,10H,8-9H2,1-2H3,(H,17,19). The molecule has 1 heterocycles. The van der Waals surface area contributed by atoms with Crippen LogP contribution < -0.4 is 15.6 Å². The molecule has 0 unspecified atom stereocenters. The molecule has 0 aliphatic heterocycles. The fourth-order valence-electron chi connectivity index (χ4n) is 1.93. The Kier molecular flexibility index (Phi) is 4.71. The molecular formula is C15H17N3O3. The Balaban J connectivity index is 1.99. The van der Waals surface area contributed by atoms with Gasteiger partial charge in [-0.15, -0.1) is 0 Å². The lowest BCUT2D eigenvalue weighted by Crippen LogP contribution is -2.32. The third kappa shape index (κ3) is 3.68. The molecule has 0 aliphatic rings. The SMILES string of the molecule is COc1ccccc1CNC(=O)Cn1cncc(C)c1=O. The normalized spacial score (nSPS) is 10.2. The number of hydrogen-bond donors (Lipinski definition) is 1. The summed E-state index contributed by atoms with van der Waals surface area (Å²) in [6.07, 6.45) is 2.84. The summed E-state index contributed by atoms with van der Waals surface area (Å²) < 4.78 is 6.50. The molecule has 1 aromatic heterocycles. The summed E-state index contributed by atoms with van der Waals surface area (Å²) in [6, 6.07) is 7.44. The van der Waals surface area contributed by atoms with Crippen molar-refractivity contribution in [2.45, 2.75) is 20.0 Å². The average Bonchev–Trinajstić information content (AvgIpc) is 2.50. The van der Waals surface area contributed by atoms with Crippen LogP contribution in [0.2, 0.25) is 0 Å². The van der Waals surface area contributed by atoms with Crippen LogP contribution in [0.25, 0.3) is 0 Å². The number of aromatic nitrogens is 2. The Labute approximate surface area is 122 Å². The van der Waals surface area contributed by atoms with Gasteiger partial charge in [0.05, 0.1) is 13.4 Å². The van der Waals surface area contributed by atoms with Gasteiger partial charge in [-0.25, -0.2) is 4.98 Å². The second-order valence-electron chi connectivity index (χ2n) is 4.60. The van der Waals surface area contributed by atoms with E-state index in [0.717, 1.165) is 5.56 Å². The van der Waals surface area contributed by atoms with Gasteiger partial charge in [0, 0.05) is 23.9 Å². The molecule has 1 N–H and O–H groups in total. The Bertz CT molecular complexity index is 695. The first-order valence-electron chi connectivity index (χ1n) is 6.51. The van der Waals surface area contributed by atoms with Crippen LogP contribution in [0.4, 0.5) is 0 Å². The number of aryl methyl sites for hydroxylation is 1. The third-order valence-electron chi connectivity index (χ3n) is 3.05. The predicted molar refractivity (Wildman–Crippen MR) is 78.1 cm³/mol. The van der Waals surface area contributed by atoms with E-state index in [4.69, 9.17) is 4.74 Å². The van der Waals surface area contributed by atoms with Gasteiger partial charge in [0.15, 0.2) is 0 Å². The average molecular weight is 287 g/mol. The molecule has 6 heteroatoms. The maximum atomic E-state index is 11.9. The highest BCUT2D eigenvalue weighted by Gasteiger charge is 2.07. The molecule has 0 bridgehead atoms. The van der Waals surface area contributed by atoms with Crippen LogP contribution in [-0.2, 0) is 17.9 Å². The zero-order valence-corrected chi connectivity index (χ0v) is 12.0. The minimum Gasteiger partial charge on any atom is -0.496 e. The molecule has 0 aliphatic carbocycles. The van der Waals surface area contributed by atoms with Gasteiger partial charge in [-0.1, -0.05) is 18.2 Å². The first kappa shape index (κ1) is 14.8. The molecule has 0 radical (unpaired) electrons. The van der Waals surface area contributed by atoms with Crippen molar-refractivity contribution in [2.75, 3.05) is 7.11 Å². The number of carbonyl (C=O) groups excluding carboxylic acids is 1. The van der Waals surface area contributed by atoms with Gasteiger partial charge in [-0.05, 0) is 13.0 Å². The molecule has 6 nitrogen and oxygen atoms in total. The lowest BCUT2D eigenvalue weighted by atomic mass is 10.2. The van der Waals surface area contributed by atoms with Gasteiger partial charge in [-0.3, -0.25) is 14.2 Å². The fraction of sp³-hybridized carbons (Fsp3) is 0.267. The van der Waals surface area contributed by atoms with Crippen molar-refractivity contribution in [3.8, 4) is 5.75 Å². The number of rotatable bonds is 5. The highest BCUT2D eigenvalue weighted by molar-refractivity contribution is 5.75. The van der Waals surface area contributed by atoms with Gasteiger partial charge in [-0.2, -0.15) is 0 Å². The largest absolute Gasteiger partial charge is 0.496 e. The molecule has 2 aromatic rings. The topological polar surface area (TPSA) is 73.2 Å². The second kappa shape index (κ2) is 6.69. The zero-order valence-electron chi connectivity index (χ0n) is 12.0. The number of amides is 1. The van der Waals surface area contributed by atoms with Crippen molar-refractivity contribution in [3.63, 3.8) is 0 Å². The molecular weight excluding hydrogens is 270 g/mol. The van der Waals surface area contributed by atoms with E-state index in [1.54, 1.807) is 14.0 Å². The number of nitrogens with zero attached hydrogens (tertiary/aromatic N) is 2. The number of methoxy groups -OCH3 is 1. The molecule has 0 saturated heterocycles. The van der Waals surface area contributed by atoms with Crippen molar-refractivity contribution < 1.29 is 9.53 Å². The Morgan fingerprint density at radius 2 is 2.14 bits per heavy atom. The summed E-state index contributed by atoms with van der Waals surface area (Å²) in [5.74, 6) is 0.461. The van der Waals surface area contributed by atoms with Crippen LogP contribution >= 0.6 is 0 Å². The van der Waals surface area contributed by atoms with Crippen LogP contribution in [0.1, 0.15) is 11.1 Å². The number of benzene rings is 1. The van der Waals surface area contributed by atoms with E-state index in [9.17, 15) is 9.59 Å². The quantitative estimate of drug-likeness (QED) is 0.886. The van der Waals surface area contributed by atoms with Gasteiger partial charge < -0.3 is 10.1 Å². The molecule has 21 heavy (non-hydrogen) atoms. The Morgan fingerprint density at radius 1 is 1.38 bits per heavy atom. The van der Waals surface area contributed by atoms with Gasteiger partial charge >= 0.3 is 0 Å². The van der Waals surface area contributed by atoms with E-state index in [0.29, 0.717) is 17.9 Å². The van der Waals surface area contributed by atoms with Crippen LogP contribution in [0.15, 0.2) is 41.6 Å². The van der Waals surface area contributed by atoms with Crippen LogP contribution in [0.3, 0.4) is 0 Å². The summed E-state index contributed by atoms with van der Waals surface area (Å²) >= 11 is 0. The van der Waals surface area contributed by atoms with E-state index in [-0.39, 0.29) is 18.0 Å². The van der Waals surface area contributed by atoms with Gasteiger partial charge in [0.1, 0.15) is 12.3 Å².